The molecule has 7 heteroatoms. The summed E-state index contributed by atoms with van der Waals surface area (Å²) in [6.07, 6.45) is 2.45. The summed E-state index contributed by atoms with van der Waals surface area (Å²) in [7, 11) is 0. The van der Waals surface area contributed by atoms with E-state index < -0.39 is 0 Å². The topological polar surface area (TPSA) is 75.9 Å². The number of rotatable bonds is 7. The van der Waals surface area contributed by atoms with Gasteiger partial charge in [0, 0.05) is 12.1 Å². The highest BCUT2D eigenvalue weighted by Crippen LogP contribution is 2.18. The first-order valence-electron chi connectivity index (χ1n) is 9.68. The lowest BCUT2D eigenvalue weighted by molar-refractivity contribution is -0.123. The fourth-order valence-corrected chi connectivity index (χ4v) is 3.52. The highest BCUT2D eigenvalue weighted by molar-refractivity contribution is 5.76. The first kappa shape index (κ1) is 18.3. The Morgan fingerprint density at radius 3 is 2.39 bits per heavy atom. The molecule has 28 heavy (non-hydrogen) atoms. The molecule has 1 fully saturated rings. The number of amides is 1. The van der Waals surface area contributed by atoms with Crippen molar-refractivity contribution in [3.05, 3.63) is 66.2 Å². The summed E-state index contributed by atoms with van der Waals surface area (Å²) < 4.78 is 0. The van der Waals surface area contributed by atoms with Crippen molar-refractivity contribution in [2.75, 3.05) is 19.6 Å². The second-order valence-corrected chi connectivity index (χ2v) is 7.05. The lowest BCUT2D eigenvalue weighted by Gasteiger charge is -2.24. The lowest BCUT2D eigenvalue weighted by atomic mass is 10.1. The zero-order valence-electron chi connectivity index (χ0n) is 15.7. The predicted octanol–water partition coefficient (Wildman–Crippen LogP) is 2.29. The monoisotopic (exact) mass is 376 g/mol. The highest BCUT2D eigenvalue weighted by Gasteiger charge is 2.21. The molecule has 0 bridgehead atoms. The molecule has 7 nitrogen and oxygen atoms in total. The number of hydrogen-bond donors (Lipinski definition) is 1. The van der Waals surface area contributed by atoms with Crippen LogP contribution in [0.2, 0.25) is 0 Å². The van der Waals surface area contributed by atoms with Gasteiger partial charge in [-0.2, -0.15) is 4.80 Å². The van der Waals surface area contributed by atoms with Gasteiger partial charge in [0.1, 0.15) is 6.54 Å². The Bertz CT molecular complexity index is 890. The van der Waals surface area contributed by atoms with Gasteiger partial charge < -0.3 is 10.2 Å². The molecule has 1 aromatic heterocycles. The van der Waals surface area contributed by atoms with E-state index in [0.29, 0.717) is 5.82 Å². The molecule has 0 aliphatic carbocycles. The molecule has 1 amide bonds. The predicted molar refractivity (Wildman–Crippen MR) is 106 cm³/mol. The molecule has 4 rings (SSSR count). The van der Waals surface area contributed by atoms with E-state index in [0.717, 1.165) is 30.8 Å². The van der Waals surface area contributed by atoms with Crippen LogP contribution in [0.5, 0.6) is 0 Å². The van der Waals surface area contributed by atoms with Crippen molar-refractivity contribution in [1.29, 1.82) is 0 Å². The van der Waals surface area contributed by atoms with Gasteiger partial charge >= 0.3 is 0 Å². The fraction of sp³-hybridized carbons (Fsp3) is 0.333. The molecule has 1 unspecified atom stereocenters. The van der Waals surface area contributed by atoms with Gasteiger partial charge in [-0.05, 0) is 36.7 Å². The van der Waals surface area contributed by atoms with Gasteiger partial charge in [-0.15, -0.1) is 10.2 Å². The molecule has 1 saturated heterocycles. The standard InChI is InChI=1S/C21H24N6O/c28-20(16-27-24-21(23-25-27)18-11-5-2-6-12-18)22-19(15-26-13-7-8-14-26)17-9-3-1-4-10-17/h1-6,9-12,19H,7-8,13-16H2,(H,22,28). The molecule has 0 saturated carbocycles. The van der Waals surface area contributed by atoms with Crippen LogP contribution in [-0.4, -0.2) is 50.6 Å². The second-order valence-electron chi connectivity index (χ2n) is 7.05. The van der Waals surface area contributed by atoms with E-state index in [2.05, 4.69) is 37.8 Å². The normalized spacial score (nSPS) is 15.4. The van der Waals surface area contributed by atoms with Crippen LogP contribution in [0.25, 0.3) is 11.4 Å². The first-order valence-corrected chi connectivity index (χ1v) is 9.68. The van der Waals surface area contributed by atoms with Crippen LogP contribution in [0.1, 0.15) is 24.4 Å². The molecule has 1 aliphatic rings. The summed E-state index contributed by atoms with van der Waals surface area (Å²) in [5, 5.41) is 15.5. The van der Waals surface area contributed by atoms with Crippen LogP contribution < -0.4 is 5.32 Å². The van der Waals surface area contributed by atoms with Crippen LogP contribution in [0.3, 0.4) is 0 Å². The van der Waals surface area contributed by atoms with Crippen LogP contribution in [0.15, 0.2) is 60.7 Å². The summed E-state index contributed by atoms with van der Waals surface area (Å²) >= 11 is 0. The Morgan fingerprint density at radius 2 is 1.68 bits per heavy atom. The summed E-state index contributed by atoms with van der Waals surface area (Å²) in [4.78, 5) is 16.4. The molecule has 3 aromatic rings. The molecular formula is C21H24N6O. The Morgan fingerprint density at radius 1 is 1.00 bits per heavy atom. The van der Waals surface area contributed by atoms with Gasteiger partial charge in [-0.1, -0.05) is 60.7 Å². The average Bonchev–Trinajstić information content (AvgIpc) is 3.41. The number of nitrogens with zero attached hydrogens (tertiary/aromatic N) is 5. The molecule has 144 valence electrons. The minimum Gasteiger partial charge on any atom is -0.346 e. The number of carbonyl (C=O) groups excluding carboxylic acids is 1. The van der Waals surface area contributed by atoms with Crippen molar-refractivity contribution >= 4 is 5.91 Å². The molecule has 2 heterocycles. The van der Waals surface area contributed by atoms with Gasteiger partial charge in [0.15, 0.2) is 0 Å². The molecule has 1 aliphatic heterocycles. The minimum absolute atomic E-state index is 0.0448. The third-order valence-corrected chi connectivity index (χ3v) is 4.95. The van der Waals surface area contributed by atoms with Crippen LogP contribution >= 0.6 is 0 Å². The van der Waals surface area contributed by atoms with Crippen molar-refractivity contribution in [3.8, 4) is 11.4 Å². The zero-order valence-corrected chi connectivity index (χ0v) is 15.7. The van der Waals surface area contributed by atoms with E-state index >= 15 is 0 Å². The number of hydrogen-bond acceptors (Lipinski definition) is 5. The Labute approximate surface area is 164 Å². The Balaban J connectivity index is 1.42. The highest BCUT2D eigenvalue weighted by atomic mass is 16.2. The molecule has 2 aromatic carbocycles. The number of benzene rings is 2. The summed E-state index contributed by atoms with van der Waals surface area (Å²) in [6.45, 7) is 3.04. The quantitative estimate of drug-likeness (QED) is 0.685. The van der Waals surface area contributed by atoms with Crippen molar-refractivity contribution < 1.29 is 4.79 Å². The lowest BCUT2D eigenvalue weighted by Crippen LogP contribution is -2.38. The molecular weight excluding hydrogens is 352 g/mol. The van der Waals surface area contributed by atoms with Crippen molar-refractivity contribution in [1.82, 2.24) is 30.4 Å². The second kappa shape index (κ2) is 8.75. The largest absolute Gasteiger partial charge is 0.346 e. The van der Waals surface area contributed by atoms with E-state index in [4.69, 9.17) is 0 Å². The number of aromatic nitrogens is 4. The Hall–Kier alpha value is -3.06. The maximum Gasteiger partial charge on any atom is 0.244 e. The maximum absolute atomic E-state index is 12.7. The smallest absolute Gasteiger partial charge is 0.244 e. The SMILES string of the molecule is O=C(Cn1nnc(-c2ccccc2)n1)NC(CN1CCCC1)c1ccccc1. The third-order valence-electron chi connectivity index (χ3n) is 4.95. The Kier molecular flexibility index (Phi) is 5.72. The minimum atomic E-state index is -0.120. The number of carbonyl (C=O) groups is 1. The molecule has 1 N–H and O–H groups in total. The third kappa shape index (κ3) is 4.61. The summed E-state index contributed by atoms with van der Waals surface area (Å²) in [5.74, 6) is 0.398. The average molecular weight is 376 g/mol. The number of nitrogens with one attached hydrogen (secondary N) is 1. The van der Waals surface area contributed by atoms with Crippen LogP contribution in [0.4, 0.5) is 0 Å². The fourth-order valence-electron chi connectivity index (χ4n) is 3.52. The summed E-state index contributed by atoms with van der Waals surface area (Å²) in [5.41, 5.74) is 1.99. The van der Waals surface area contributed by atoms with Gasteiger partial charge in [0.2, 0.25) is 11.7 Å². The van der Waals surface area contributed by atoms with Crippen molar-refractivity contribution in [2.24, 2.45) is 0 Å². The van der Waals surface area contributed by atoms with Gasteiger partial charge in [-0.25, -0.2) is 0 Å². The van der Waals surface area contributed by atoms with Gasteiger partial charge in [0.05, 0.1) is 6.04 Å². The van der Waals surface area contributed by atoms with E-state index in [1.165, 1.54) is 17.6 Å². The van der Waals surface area contributed by atoms with Gasteiger partial charge in [-0.3, -0.25) is 4.79 Å². The van der Waals surface area contributed by atoms with Crippen molar-refractivity contribution in [2.45, 2.75) is 25.4 Å². The molecule has 0 radical (unpaired) electrons. The van der Waals surface area contributed by atoms with Crippen LogP contribution in [-0.2, 0) is 11.3 Å². The van der Waals surface area contributed by atoms with E-state index in [1.54, 1.807) is 0 Å². The van der Waals surface area contributed by atoms with E-state index in [1.807, 2.05) is 48.5 Å². The van der Waals surface area contributed by atoms with Crippen molar-refractivity contribution in [3.63, 3.8) is 0 Å². The summed E-state index contributed by atoms with van der Waals surface area (Å²) in [6, 6.07) is 19.7. The van der Waals surface area contributed by atoms with Gasteiger partial charge in [0.25, 0.3) is 0 Å². The zero-order chi connectivity index (χ0) is 19.2. The molecule has 1 atom stereocenters. The number of likely N-dealkylation sites (tertiary alicyclic amines) is 1. The van der Waals surface area contributed by atoms with E-state index in [9.17, 15) is 4.79 Å². The maximum atomic E-state index is 12.7. The number of tetrazole rings is 1. The molecule has 0 spiro atoms. The van der Waals surface area contributed by atoms with Crippen LogP contribution in [0, 0.1) is 0 Å². The van der Waals surface area contributed by atoms with E-state index in [-0.39, 0.29) is 18.5 Å². The first-order chi connectivity index (χ1) is 13.8.